The number of carbonyl (C=O) groups is 1. The van der Waals surface area contributed by atoms with Crippen molar-refractivity contribution in [2.75, 3.05) is 19.5 Å². The average Bonchev–Trinajstić information content (AvgIpc) is 3.31. The standard InChI is InChI=1S/C16H15N3O3S3/c1-21-10-5-6-12(13(8-10)22-2)14(20)17-15-18-19-16(25-15)24-9-11-4-3-7-23-11/h3-8H,9H2,1-2H3,(H,17,18,20). The van der Waals surface area contributed by atoms with Crippen molar-refractivity contribution < 1.29 is 14.3 Å². The predicted octanol–water partition coefficient (Wildman–Crippen LogP) is 4.16. The van der Waals surface area contributed by atoms with Gasteiger partial charge in [-0.25, -0.2) is 0 Å². The molecule has 0 radical (unpaired) electrons. The first-order chi connectivity index (χ1) is 12.2. The summed E-state index contributed by atoms with van der Waals surface area (Å²) in [5.41, 5.74) is 0.409. The Morgan fingerprint density at radius 2 is 2.12 bits per heavy atom. The zero-order valence-corrected chi connectivity index (χ0v) is 16.0. The second-order valence-corrected chi connectivity index (χ2v) is 7.99. The van der Waals surface area contributed by atoms with E-state index in [-0.39, 0.29) is 5.91 Å². The van der Waals surface area contributed by atoms with Crippen LogP contribution in [0.2, 0.25) is 0 Å². The predicted molar refractivity (Wildman–Crippen MR) is 101 cm³/mol. The van der Waals surface area contributed by atoms with Gasteiger partial charge in [-0.1, -0.05) is 29.2 Å². The molecule has 0 saturated carbocycles. The van der Waals surface area contributed by atoms with Gasteiger partial charge in [-0.15, -0.1) is 21.5 Å². The van der Waals surface area contributed by atoms with Crippen molar-refractivity contribution in [3.8, 4) is 11.5 Å². The smallest absolute Gasteiger partial charge is 0.261 e. The summed E-state index contributed by atoms with van der Waals surface area (Å²) in [6.45, 7) is 0. The molecule has 0 aliphatic heterocycles. The number of thiophene rings is 1. The number of anilines is 1. The SMILES string of the molecule is COc1ccc(C(=O)Nc2nnc(SCc3cccs3)s2)c(OC)c1. The maximum atomic E-state index is 12.4. The number of thioether (sulfide) groups is 1. The summed E-state index contributed by atoms with van der Waals surface area (Å²) in [6.07, 6.45) is 0. The van der Waals surface area contributed by atoms with E-state index in [1.807, 2.05) is 11.4 Å². The number of nitrogens with zero attached hydrogens (tertiary/aromatic N) is 2. The number of nitrogens with one attached hydrogen (secondary N) is 1. The van der Waals surface area contributed by atoms with Crippen molar-refractivity contribution in [2.45, 2.75) is 10.1 Å². The van der Waals surface area contributed by atoms with E-state index in [1.54, 1.807) is 48.4 Å². The molecule has 0 unspecified atom stereocenters. The van der Waals surface area contributed by atoms with Crippen LogP contribution in [-0.2, 0) is 5.75 Å². The van der Waals surface area contributed by atoms with E-state index in [0.29, 0.717) is 22.2 Å². The van der Waals surface area contributed by atoms with Gasteiger partial charge in [-0.3, -0.25) is 10.1 Å². The van der Waals surface area contributed by atoms with Crippen LogP contribution in [0, 0.1) is 0 Å². The molecule has 0 saturated heterocycles. The molecule has 9 heteroatoms. The maximum Gasteiger partial charge on any atom is 0.261 e. The quantitative estimate of drug-likeness (QED) is 0.480. The van der Waals surface area contributed by atoms with Crippen LogP contribution in [0.5, 0.6) is 11.5 Å². The Morgan fingerprint density at radius 1 is 1.24 bits per heavy atom. The van der Waals surface area contributed by atoms with Crippen LogP contribution in [0.4, 0.5) is 5.13 Å². The molecular formula is C16H15N3O3S3. The minimum atomic E-state index is -0.301. The molecule has 0 bridgehead atoms. The van der Waals surface area contributed by atoms with Crippen molar-refractivity contribution in [3.63, 3.8) is 0 Å². The summed E-state index contributed by atoms with van der Waals surface area (Å²) in [7, 11) is 3.07. The van der Waals surface area contributed by atoms with Crippen LogP contribution >= 0.6 is 34.4 Å². The fourth-order valence-corrected chi connectivity index (χ4v) is 4.52. The number of rotatable bonds is 7. The van der Waals surface area contributed by atoms with Crippen LogP contribution in [0.15, 0.2) is 40.1 Å². The second kappa shape index (κ2) is 8.32. The maximum absolute atomic E-state index is 12.4. The first kappa shape index (κ1) is 17.7. The number of hydrogen-bond donors (Lipinski definition) is 1. The Labute approximate surface area is 157 Å². The number of methoxy groups -OCH3 is 2. The van der Waals surface area contributed by atoms with E-state index in [9.17, 15) is 4.79 Å². The van der Waals surface area contributed by atoms with E-state index in [0.717, 1.165) is 10.1 Å². The number of aromatic nitrogens is 2. The summed E-state index contributed by atoms with van der Waals surface area (Å²) < 4.78 is 11.2. The molecule has 6 nitrogen and oxygen atoms in total. The summed E-state index contributed by atoms with van der Waals surface area (Å²) in [6, 6.07) is 9.13. The third kappa shape index (κ3) is 4.50. The van der Waals surface area contributed by atoms with Gasteiger partial charge >= 0.3 is 0 Å². The molecule has 0 atom stereocenters. The lowest BCUT2D eigenvalue weighted by molar-refractivity contribution is 0.102. The molecule has 1 aromatic carbocycles. The summed E-state index contributed by atoms with van der Waals surface area (Å²) >= 11 is 4.65. The van der Waals surface area contributed by atoms with Crippen LogP contribution in [-0.4, -0.2) is 30.3 Å². The van der Waals surface area contributed by atoms with Crippen LogP contribution < -0.4 is 14.8 Å². The lowest BCUT2D eigenvalue weighted by Crippen LogP contribution is -2.13. The molecule has 0 aliphatic rings. The topological polar surface area (TPSA) is 73.3 Å². The van der Waals surface area contributed by atoms with Crippen molar-refractivity contribution >= 4 is 45.5 Å². The Hall–Kier alpha value is -2.10. The van der Waals surface area contributed by atoms with Gasteiger partial charge in [0.1, 0.15) is 11.5 Å². The monoisotopic (exact) mass is 393 g/mol. The Kier molecular flexibility index (Phi) is 5.90. The molecule has 3 aromatic rings. The highest BCUT2D eigenvalue weighted by molar-refractivity contribution is 8.00. The highest BCUT2D eigenvalue weighted by Crippen LogP contribution is 2.30. The fraction of sp³-hybridized carbons (Fsp3) is 0.188. The van der Waals surface area contributed by atoms with E-state index in [2.05, 4.69) is 21.6 Å². The van der Waals surface area contributed by atoms with Crippen LogP contribution in [0.25, 0.3) is 0 Å². The fourth-order valence-electron chi connectivity index (χ4n) is 2.00. The van der Waals surface area contributed by atoms with E-state index in [1.165, 1.54) is 23.3 Å². The molecule has 0 fully saturated rings. The van der Waals surface area contributed by atoms with E-state index in [4.69, 9.17) is 9.47 Å². The minimum Gasteiger partial charge on any atom is -0.497 e. The first-order valence-corrected chi connectivity index (χ1v) is 9.90. The molecule has 0 aliphatic carbocycles. The normalized spacial score (nSPS) is 10.5. The van der Waals surface area contributed by atoms with E-state index >= 15 is 0 Å². The van der Waals surface area contributed by atoms with Gasteiger partial charge in [0.05, 0.1) is 19.8 Å². The average molecular weight is 394 g/mol. The van der Waals surface area contributed by atoms with Gasteiger partial charge in [-0.2, -0.15) is 0 Å². The second-order valence-electron chi connectivity index (χ2n) is 4.76. The molecular weight excluding hydrogens is 378 g/mol. The van der Waals surface area contributed by atoms with Crippen LogP contribution in [0.1, 0.15) is 15.2 Å². The van der Waals surface area contributed by atoms with Crippen molar-refractivity contribution in [2.24, 2.45) is 0 Å². The molecule has 2 aromatic heterocycles. The largest absolute Gasteiger partial charge is 0.497 e. The lowest BCUT2D eigenvalue weighted by Gasteiger charge is -2.09. The van der Waals surface area contributed by atoms with Gasteiger partial charge < -0.3 is 9.47 Å². The zero-order chi connectivity index (χ0) is 17.6. The third-order valence-electron chi connectivity index (χ3n) is 3.20. The van der Waals surface area contributed by atoms with Crippen molar-refractivity contribution in [1.82, 2.24) is 10.2 Å². The Balaban J connectivity index is 1.65. The van der Waals surface area contributed by atoms with Crippen molar-refractivity contribution in [1.29, 1.82) is 0 Å². The van der Waals surface area contributed by atoms with E-state index < -0.39 is 0 Å². The number of carbonyl (C=O) groups excluding carboxylic acids is 1. The molecule has 3 rings (SSSR count). The Morgan fingerprint density at radius 3 is 2.84 bits per heavy atom. The molecule has 1 N–H and O–H groups in total. The highest BCUT2D eigenvalue weighted by Gasteiger charge is 2.16. The number of hydrogen-bond acceptors (Lipinski definition) is 8. The molecule has 2 heterocycles. The van der Waals surface area contributed by atoms with Crippen LogP contribution in [0.3, 0.4) is 0 Å². The minimum absolute atomic E-state index is 0.301. The number of benzene rings is 1. The Bertz CT molecular complexity index is 849. The van der Waals surface area contributed by atoms with Gasteiger partial charge in [0.25, 0.3) is 5.91 Å². The first-order valence-electron chi connectivity index (χ1n) is 7.21. The molecule has 1 amide bonds. The molecule has 130 valence electrons. The number of amides is 1. The molecule has 25 heavy (non-hydrogen) atoms. The summed E-state index contributed by atoms with van der Waals surface area (Å²) in [5, 5.41) is 13.4. The van der Waals surface area contributed by atoms with Gasteiger partial charge in [0, 0.05) is 16.7 Å². The number of ether oxygens (including phenoxy) is 2. The van der Waals surface area contributed by atoms with Crippen molar-refractivity contribution in [3.05, 3.63) is 46.2 Å². The zero-order valence-electron chi connectivity index (χ0n) is 13.5. The highest BCUT2D eigenvalue weighted by atomic mass is 32.2. The van der Waals surface area contributed by atoms with Gasteiger partial charge in [0.2, 0.25) is 5.13 Å². The summed E-state index contributed by atoms with van der Waals surface area (Å²) in [5.74, 6) is 1.60. The van der Waals surface area contributed by atoms with Gasteiger partial charge in [0.15, 0.2) is 4.34 Å². The third-order valence-corrected chi connectivity index (χ3v) is 6.28. The van der Waals surface area contributed by atoms with Gasteiger partial charge in [-0.05, 0) is 23.6 Å². The lowest BCUT2D eigenvalue weighted by atomic mass is 10.2. The summed E-state index contributed by atoms with van der Waals surface area (Å²) in [4.78, 5) is 13.7. The molecule has 0 spiro atoms.